The fourth-order valence-corrected chi connectivity index (χ4v) is 2.58. The van der Waals surface area contributed by atoms with Crippen molar-refractivity contribution in [2.75, 3.05) is 20.7 Å². The van der Waals surface area contributed by atoms with Crippen molar-refractivity contribution in [1.82, 2.24) is 10.6 Å². The first-order valence-corrected chi connectivity index (χ1v) is 8.38. The average Bonchev–Trinajstić information content (AvgIpc) is 2.61. The zero-order valence-electron chi connectivity index (χ0n) is 15.1. The summed E-state index contributed by atoms with van der Waals surface area (Å²) < 4.78 is 18.2. The highest BCUT2D eigenvalue weighted by molar-refractivity contribution is 5.79. The van der Waals surface area contributed by atoms with Gasteiger partial charge in [-0.15, -0.1) is 0 Å². The van der Waals surface area contributed by atoms with E-state index in [1.807, 2.05) is 13.0 Å². The molecule has 2 N–H and O–H groups in total. The van der Waals surface area contributed by atoms with Gasteiger partial charge in [0.2, 0.25) is 0 Å². The normalized spacial score (nSPS) is 11.4. The van der Waals surface area contributed by atoms with E-state index in [0.717, 1.165) is 35.6 Å². The summed E-state index contributed by atoms with van der Waals surface area (Å²) >= 11 is 0. The zero-order valence-corrected chi connectivity index (χ0v) is 15.1. The van der Waals surface area contributed by atoms with E-state index in [4.69, 9.17) is 4.74 Å². The Morgan fingerprint density at radius 1 is 1.08 bits per heavy atom. The highest BCUT2D eigenvalue weighted by Crippen LogP contribution is 2.10. The molecular weight excluding hydrogens is 317 g/mol. The summed E-state index contributed by atoms with van der Waals surface area (Å²) in [7, 11) is 3.44. The van der Waals surface area contributed by atoms with Gasteiger partial charge in [0, 0.05) is 27.2 Å². The highest BCUT2D eigenvalue weighted by atomic mass is 19.1. The molecule has 0 aliphatic carbocycles. The highest BCUT2D eigenvalue weighted by Gasteiger charge is 2.02. The molecule has 0 spiro atoms. The lowest BCUT2D eigenvalue weighted by Gasteiger charge is -2.13. The Morgan fingerprint density at radius 3 is 2.44 bits per heavy atom. The van der Waals surface area contributed by atoms with Gasteiger partial charge < -0.3 is 15.4 Å². The van der Waals surface area contributed by atoms with Gasteiger partial charge in [-0.2, -0.15) is 0 Å². The first-order chi connectivity index (χ1) is 12.1. The molecule has 25 heavy (non-hydrogen) atoms. The Kier molecular flexibility index (Phi) is 7.41. The number of halogens is 1. The van der Waals surface area contributed by atoms with Gasteiger partial charge in [0.1, 0.15) is 5.82 Å². The minimum absolute atomic E-state index is 0.191. The van der Waals surface area contributed by atoms with Gasteiger partial charge in [-0.3, -0.25) is 4.99 Å². The summed E-state index contributed by atoms with van der Waals surface area (Å²) in [4.78, 5) is 4.23. The molecule has 2 aromatic carbocycles. The topological polar surface area (TPSA) is 45.7 Å². The average molecular weight is 343 g/mol. The van der Waals surface area contributed by atoms with Gasteiger partial charge in [0.25, 0.3) is 0 Å². The molecule has 134 valence electrons. The Labute approximate surface area is 149 Å². The summed E-state index contributed by atoms with van der Waals surface area (Å²) in [6, 6.07) is 13.2. The number of nitrogens with zero attached hydrogens (tertiary/aromatic N) is 1. The molecule has 0 aliphatic rings. The minimum atomic E-state index is -0.191. The number of guanidine groups is 1. The lowest BCUT2D eigenvalue weighted by atomic mass is 10.1. The molecule has 0 bridgehead atoms. The van der Waals surface area contributed by atoms with Crippen LogP contribution < -0.4 is 10.6 Å². The van der Waals surface area contributed by atoms with Crippen LogP contribution in [0.25, 0.3) is 0 Å². The van der Waals surface area contributed by atoms with Crippen LogP contribution in [0.2, 0.25) is 0 Å². The maximum absolute atomic E-state index is 13.1. The van der Waals surface area contributed by atoms with Crippen molar-refractivity contribution in [3.8, 4) is 0 Å². The van der Waals surface area contributed by atoms with Crippen LogP contribution in [-0.4, -0.2) is 26.7 Å². The standard InChI is InChI=1S/C20H26FN3O/c1-15-12-19(21)9-8-18(15)10-11-23-20(22-2)24-13-16-4-6-17(7-5-16)14-25-3/h4-9,12H,10-11,13-14H2,1-3H3,(H2,22,23,24). The van der Waals surface area contributed by atoms with Crippen molar-refractivity contribution >= 4 is 5.96 Å². The number of methoxy groups -OCH3 is 1. The van der Waals surface area contributed by atoms with Crippen molar-refractivity contribution in [2.45, 2.75) is 26.5 Å². The molecule has 2 aromatic rings. The van der Waals surface area contributed by atoms with Gasteiger partial charge in [-0.1, -0.05) is 30.3 Å². The van der Waals surface area contributed by atoms with Crippen LogP contribution in [0.5, 0.6) is 0 Å². The van der Waals surface area contributed by atoms with Crippen LogP contribution in [0, 0.1) is 12.7 Å². The molecule has 0 aromatic heterocycles. The second kappa shape index (κ2) is 9.79. The van der Waals surface area contributed by atoms with Gasteiger partial charge in [-0.05, 0) is 47.7 Å². The fourth-order valence-electron chi connectivity index (χ4n) is 2.58. The number of ether oxygens (including phenoxy) is 1. The molecule has 5 heteroatoms. The molecule has 0 atom stereocenters. The largest absolute Gasteiger partial charge is 0.380 e. The summed E-state index contributed by atoms with van der Waals surface area (Å²) in [5, 5.41) is 6.58. The first kappa shape index (κ1) is 18.9. The van der Waals surface area contributed by atoms with E-state index >= 15 is 0 Å². The van der Waals surface area contributed by atoms with Crippen molar-refractivity contribution in [3.05, 3.63) is 70.5 Å². The summed E-state index contributed by atoms with van der Waals surface area (Å²) in [6.45, 7) is 3.99. The van der Waals surface area contributed by atoms with E-state index in [0.29, 0.717) is 13.2 Å². The number of benzene rings is 2. The fraction of sp³-hybridized carbons (Fsp3) is 0.350. The summed E-state index contributed by atoms with van der Waals surface area (Å²) in [6.07, 6.45) is 0.818. The third kappa shape index (κ3) is 6.19. The van der Waals surface area contributed by atoms with Crippen LogP contribution in [0.1, 0.15) is 22.3 Å². The summed E-state index contributed by atoms with van der Waals surface area (Å²) in [5.74, 6) is 0.559. The van der Waals surface area contributed by atoms with E-state index in [1.54, 1.807) is 20.2 Å². The van der Waals surface area contributed by atoms with Crippen LogP contribution in [0.3, 0.4) is 0 Å². The van der Waals surface area contributed by atoms with Crippen molar-refractivity contribution in [3.63, 3.8) is 0 Å². The molecule has 0 saturated carbocycles. The lowest BCUT2D eigenvalue weighted by Crippen LogP contribution is -2.37. The molecule has 0 saturated heterocycles. The lowest BCUT2D eigenvalue weighted by molar-refractivity contribution is 0.185. The Morgan fingerprint density at radius 2 is 1.80 bits per heavy atom. The minimum Gasteiger partial charge on any atom is -0.380 e. The molecular formula is C20H26FN3O. The maximum atomic E-state index is 13.1. The molecule has 2 rings (SSSR count). The molecule has 4 nitrogen and oxygen atoms in total. The summed E-state index contributed by atoms with van der Waals surface area (Å²) in [5.41, 5.74) is 4.44. The SMILES string of the molecule is CN=C(NCCc1ccc(F)cc1C)NCc1ccc(COC)cc1. The maximum Gasteiger partial charge on any atom is 0.191 e. The molecule has 0 unspecified atom stereocenters. The molecule has 0 amide bonds. The Bertz CT molecular complexity index is 699. The predicted octanol–water partition coefficient (Wildman–Crippen LogP) is 3.19. The van der Waals surface area contributed by atoms with Crippen molar-refractivity contribution < 1.29 is 9.13 Å². The molecule has 0 fully saturated rings. The Hall–Kier alpha value is -2.40. The van der Waals surface area contributed by atoms with Gasteiger partial charge in [0.15, 0.2) is 5.96 Å². The third-order valence-electron chi connectivity index (χ3n) is 4.01. The second-order valence-electron chi connectivity index (χ2n) is 5.92. The van der Waals surface area contributed by atoms with Crippen LogP contribution >= 0.6 is 0 Å². The smallest absolute Gasteiger partial charge is 0.191 e. The van der Waals surface area contributed by atoms with E-state index in [2.05, 4.69) is 39.9 Å². The molecule has 0 radical (unpaired) electrons. The number of rotatable bonds is 7. The van der Waals surface area contributed by atoms with E-state index in [-0.39, 0.29) is 5.82 Å². The number of aliphatic imine (C=N–C) groups is 1. The van der Waals surface area contributed by atoms with E-state index in [1.165, 1.54) is 11.6 Å². The third-order valence-corrected chi connectivity index (χ3v) is 4.01. The van der Waals surface area contributed by atoms with E-state index < -0.39 is 0 Å². The molecule has 0 aliphatic heterocycles. The van der Waals surface area contributed by atoms with Gasteiger partial charge in [-0.25, -0.2) is 4.39 Å². The first-order valence-electron chi connectivity index (χ1n) is 8.38. The molecule has 0 heterocycles. The quantitative estimate of drug-likeness (QED) is 0.599. The number of aryl methyl sites for hydroxylation is 1. The van der Waals surface area contributed by atoms with Crippen LogP contribution in [0.4, 0.5) is 4.39 Å². The zero-order chi connectivity index (χ0) is 18.1. The van der Waals surface area contributed by atoms with Crippen LogP contribution in [-0.2, 0) is 24.3 Å². The van der Waals surface area contributed by atoms with E-state index in [9.17, 15) is 4.39 Å². The predicted molar refractivity (Wildman–Crippen MR) is 100 cm³/mol. The van der Waals surface area contributed by atoms with Gasteiger partial charge in [0.05, 0.1) is 6.61 Å². The monoisotopic (exact) mass is 343 g/mol. The second-order valence-corrected chi connectivity index (χ2v) is 5.92. The van der Waals surface area contributed by atoms with Crippen LogP contribution in [0.15, 0.2) is 47.5 Å². The van der Waals surface area contributed by atoms with Gasteiger partial charge >= 0.3 is 0 Å². The number of hydrogen-bond donors (Lipinski definition) is 2. The Balaban J connectivity index is 1.78. The van der Waals surface area contributed by atoms with Crippen molar-refractivity contribution in [2.24, 2.45) is 4.99 Å². The number of nitrogens with one attached hydrogen (secondary N) is 2. The van der Waals surface area contributed by atoms with Crippen molar-refractivity contribution in [1.29, 1.82) is 0 Å². The number of hydrogen-bond acceptors (Lipinski definition) is 2.